The van der Waals surface area contributed by atoms with Crippen LogP contribution in [0.1, 0.15) is 63.0 Å². The molecule has 0 saturated carbocycles. The smallest absolute Gasteiger partial charge is 0.416 e. The number of amides is 1. The van der Waals surface area contributed by atoms with Gasteiger partial charge in [0.05, 0.1) is 17.8 Å². The largest absolute Gasteiger partial charge is 0.425 e. The van der Waals surface area contributed by atoms with E-state index < -0.39 is 30.1 Å². The molecule has 204 valence electrons. The monoisotopic (exact) mass is 519 g/mol. The van der Waals surface area contributed by atoms with Gasteiger partial charge < -0.3 is 30.1 Å². The lowest BCUT2D eigenvalue weighted by Gasteiger charge is -2.14. The first-order valence-corrected chi connectivity index (χ1v) is 11.9. The zero-order valence-electron chi connectivity index (χ0n) is 20.8. The van der Waals surface area contributed by atoms with Crippen molar-refractivity contribution >= 4 is 17.8 Å². The van der Waals surface area contributed by atoms with Crippen LogP contribution in [0.5, 0.6) is 0 Å². The molecule has 0 heterocycles. The fourth-order valence-corrected chi connectivity index (χ4v) is 3.01. The Morgan fingerprint density at radius 1 is 1.00 bits per heavy atom. The average Bonchev–Trinajstić information content (AvgIpc) is 2.82. The Labute approximate surface area is 209 Å². The van der Waals surface area contributed by atoms with Gasteiger partial charge in [0.15, 0.2) is 0 Å². The zero-order valence-corrected chi connectivity index (χ0v) is 20.8. The molecule has 0 aliphatic heterocycles. The third-order valence-corrected chi connectivity index (χ3v) is 4.85. The van der Waals surface area contributed by atoms with E-state index in [0.717, 1.165) is 31.4 Å². The van der Waals surface area contributed by atoms with Crippen molar-refractivity contribution in [2.45, 2.75) is 64.3 Å². The molecule has 0 saturated heterocycles. The SMILES string of the molecule is COCCCC/C(=N\OCCNC(=O)OC(C)OC(=O)CCCCCN)c1ccc(C(F)(F)F)cc1. The van der Waals surface area contributed by atoms with Gasteiger partial charge >= 0.3 is 18.2 Å². The van der Waals surface area contributed by atoms with Gasteiger partial charge in [-0.05, 0) is 56.3 Å². The summed E-state index contributed by atoms with van der Waals surface area (Å²) in [6.07, 6.45) is -1.85. The van der Waals surface area contributed by atoms with Crippen LogP contribution in [0.15, 0.2) is 29.4 Å². The van der Waals surface area contributed by atoms with E-state index in [0.29, 0.717) is 43.7 Å². The second kappa shape index (κ2) is 17.6. The number of nitrogens with one attached hydrogen (secondary N) is 1. The average molecular weight is 520 g/mol. The van der Waals surface area contributed by atoms with Gasteiger partial charge in [-0.25, -0.2) is 4.79 Å². The van der Waals surface area contributed by atoms with Crippen molar-refractivity contribution in [3.05, 3.63) is 35.4 Å². The van der Waals surface area contributed by atoms with Crippen molar-refractivity contribution in [3.63, 3.8) is 0 Å². The number of hydrogen-bond donors (Lipinski definition) is 2. The molecule has 0 aromatic heterocycles. The third-order valence-electron chi connectivity index (χ3n) is 4.85. The molecule has 1 aromatic rings. The summed E-state index contributed by atoms with van der Waals surface area (Å²) in [5.74, 6) is -0.466. The highest BCUT2D eigenvalue weighted by molar-refractivity contribution is 6.00. The number of halogens is 3. The van der Waals surface area contributed by atoms with E-state index in [1.807, 2.05) is 0 Å². The zero-order chi connectivity index (χ0) is 26.8. The van der Waals surface area contributed by atoms with Crippen LogP contribution < -0.4 is 11.1 Å². The molecule has 9 nitrogen and oxygen atoms in total. The van der Waals surface area contributed by atoms with Crippen molar-refractivity contribution in [1.29, 1.82) is 0 Å². The summed E-state index contributed by atoms with van der Waals surface area (Å²) in [4.78, 5) is 28.8. The van der Waals surface area contributed by atoms with Crippen LogP contribution in [0, 0.1) is 0 Å². The van der Waals surface area contributed by atoms with Gasteiger partial charge in [0.2, 0.25) is 6.29 Å². The van der Waals surface area contributed by atoms with E-state index in [4.69, 9.17) is 24.8 Å². The number of nitrogens with two attached hydrogens (primary N) is 1. The molecule has 1 rings (SSSR count). The van der Waals surface area contributed by atoms with E-state index in [1.165, 1.54) is 19.1 Å². The summed E-state index contributed by atoms with van der Waals surface area (Å²) in [5.41, 5.74) is 5.63. The number of carbonyl (C=O) groups is 2. The van der Waals surface area contributed by atoms with Crippen LogP contribution in [0.2, 0.25) is 0 Å². The predicted molar refractivity (Wildman–Crippen MR) is 127 cm³/mol. The molecule has 0 spiro atoms. The fourth-order valence-electron chi connectivity index (χ4n) is 3.01. The normalized spacial score (nSPS) is 12.7. The van der Waals surface area contributed by atoms with Crippen molar-refractivity contribution in [2.24, 2.45) is 10.9 Å². The number of esters is 1. The lowest BCUT2D eigenvalue weighted by molar-refractivity contribution is -0.165. The molecule has 0 aliphatic carbocycles. The van der Waals surface area contributed by atoms with Crippen molar-refractivity contribution in [2.75, 3.05) is 33.4 Å². The van der Waals surface area contributed by atoms with Crippen molar-refractivity contribution in [3.8, 4) is 0 Å². The number of ether oxygens (including phenoxy) is 3. The van der Waals surface area contributed by atoms with Gasteiger partial charge in [-0.2, -0.15) is 13.2 Å². The molecule has 12 heteroatoms. The molecule has 0 aliphatic rings. The van der Waals surface area contributed by atoms with Crippen LogP contribution in [0.25, 0.3) is 0 Å². The van der Waals surface area contributed by atoms with Crippen LogP contribution >= 0.6 is 0 Å². The van der Waals surface area contributed by atoms with Gasteiger partial charge in [-0.1, -0.05) is 23.7 Å². The Kier molecular flexibility index (Phi) is 15.2. The number of alkyl halides is 3. The Bertz CT molecular complexity index is 803. The highest BCUT2D eigenvalue weighted by atomic mass is 19.4. The molecular formula is C24H36F3N3O6. The van der Waals surface area contributed by atoms with Gasteiger partial charge in [-0.3, -0.25) is 4.79 Å². The number of benzene rings is 1. The predicted octanol–water partition coefficient (Wildman–Crippen LogP) is 4.38. The quantitative estimate of drug-likeness (QED) is 0.103. The highest BCUT2D eigenvalue weighted by Crippen LogP contribution is 2.29. The van der Waals surface area contributed by atoms with Crippen molar-refractivity contribution in [1.82, 2.24) is 5.32 Å². The first-order valence-electron chi connectivity index (χ1n) is 11.9. The molecule has 1 aromatic carbocycles. The van der Waals surface area contributed by atoms with Crippen LogP contribution in [0.4, 0.5) is 18.0 Å². The lowest BCUT2D eigenvalue weighted by Crippen LogP contribution is -2.32. The number of alkyl carbamates (subject to hydrolysis) is 1. The Morgan fingerprint density at radius 3 is 2.33 bits per heavy atom. The Morgan fingerprint density at radius 2 is 1.69 bits per heavy atom. The summed E-state index contributed by atoms with van der Waals surface area (Å²) in [7, 11) is 1.58. The number of unbranched alkanes of at least 4 members (excludes halogenated alkanes) is 3. The van der Waals surface area contributed by atoms with Crippen LogP contribution in [0.3, 0.4) is 0 Å². The number of rotatable bonds is 17. The second-order valence-corrected chi connectivity index (χ2v) is 7.89. The van der Waals surface area contributed by atoms with Gasteiger partial charge in [0, 0.05) is 27.1 Å². The number of oxime groups is 1. The summed E-state index contributed by atoms with van der Waals surface area (Å²) in [6.45, 7) is 2.58. The molecule has 1 atom stereocenters. The molecule has 1 unspecified atom stereocenters. The summed E-state index contributed by atoms with van der Waals surface area (Å²) in [6, 6.07) is 4.67. The highest BCUT2D eigenvalue weighted by Gasteiger charge is 2.30. The number of nitrogens with zero attached hydrogens (tertiary/aromatic N) is 1. The topological polar surface area (TPSA) is 121 Å². The van der Waals surface area contributed by atoms with Gasteiger partial charge in [0.1, 0.15) is 6.61 Å². The minimum absolute atomic E-state index is 0.00732. The molecule has 1 amide bonds. The van der Waals surface area contributed by atoms with Crippen LogP contribution in [-0.4, -0.2) is 57.5 Å². The molecule has 0 radical (unpaired) electrons. The van der Waals surface area contributed by atoms with Crippen molar-refractivity contribution < 1.29 is 41.8 Å². The van der Waals surface area contributed by atoms with E-state index in [-0.39, 0.29) is 19.6 Å². The molecule has 0 fully saturated rings. The molecule has 3 N–H and O–H groups in total. The number of methoxy groups -OCH3 is 1. The maximum Gasteiger partial charge on any atom is 0.416 e. The Hall–Kier alpha value is -2.86. The lowest BCUT2D eigenvalue weighted by atomic mass is 10.0. The Balaban J connectivity index is 2.47. The summed E-state index contributed by atoms with van der Waals surface area (Å²) in [5, 5.41) is 6.49. The minimum Gasteiger partial charge on any atom is -0.425 e. The first-order chi connectivity index (χ1) is 17.2. The standard InChI is InChI=1S/C24H36F3N3O6/c1-18(35-22(31)9-4-3-6-14-28)36-23(32)29-15-17-34-30-21(8-5-7-16-33-2)19-10-12-20(13-11-19)24(25,26)27/h10-13,18H,3-9,14-17,28H2,1-2H3,(H,29,32)/b30-21+. The summed E-state index contributed by atoms with van der Waals surface area (Å²) >= 11 is 0. The minimum atomic E-state index is -4.43. The van der Waals surface area contributed by atoms with Gasteiger partial charge in [0.25, 0.3) is 0 Å². The second-order valence-electron chi connectivity index (χ2n) is 7.89. The maximum atomic E-state index is 12.8. The van der Waals surface area contributed by atoms with E-state index >= 15 is 0 Å². The maximum absolute atomic E-state index is 12.8. The number of carbonyl (C=O) groups excluding carboxylic acids is 2. The van der Waals surface area contributed by atoms with E-state index in [2.05, 4.69) is 10.5 Å². The van der Waals surface area contributed by atoms with E-state index in [1.54, 1.807) is 7.11 Å². The van der Waals surface area contributed by atoms with Gasteiger partial charge in [-0.15, -0.1) is 0 Å². The fraction of sp³-hybridized carbons (Fsp3) is 0.625. The summed E-state index contributed by atoms with van der Waals surface area (Å²) < 4.78 is 53.5. The third kappa shape index (κ3) is 13.9. The molecule has 36 heavy (non-hydrogen) atoms. The number of hydrogen-bond acceptors (Lipinski definition) is 8. The molecular weight excluding hydrogens is 483 g/mol. The van der Waals surface area contributed by atoms with E-state index in [9.17, 15) is 22.8 Å². The molecule has 0 bridgehead atoms. The van der Waals surface area contributed by atoms with Crippen LogP contribution in [-0.2, 0) is 30.0 Å². The first kappa shape index (κ1) is 31.2.